The number of anilines is 2. The molecule has 9 heteroatoms. The SMILES string of the molecule is COc1cc(CO)c(-c2cn3ccc(N4CCN(c5ncccc5C#N)CC4)cc3n2)cc1Cl. The zero-order valence-electron chi connectivity index (χ0n) is 18.6. The third-order valence-corrected chi connectivity index (χ3v) is 6.41. The van der Waals surface area contributed by atoms with Crippen molar-refractivity contribution in [1.29, 1.82) is 5.26 Å². The van der Waals surface area contributed by atoms with Gasteiger partial charge in [-0.25, -0.2) is 9.97 Å². The number of piperazine rings is 1. The normalized spacial score (nSPS) is 13.8. The Kier molecular flexibility index (Phi) is 5.97. The minimum absolute atomic E-state index is 0.143. The van der Waals surface area contributed by atoms with E-state index in [9.17, 15) is 10.4 Å². The Bertz CT molecular complexity index is 1390. The Morgan fingerprint density at radius 2 is 1.94 bits per heavy atom. The maximum Gasteiger partial charge on any atom is 0.146 e. The zero-order chi connectivity index (χ0) is 23.7. The summed E-state index contributed by atoms with van der Waals surface area (Å²) in [5, 5.41) is 19.7. The lowest BCUT2D eigenvalue weighted by Gasteiger charge is -2.37. The quantitative estimate of drug-likeness (QED) is 0.471. The first kappa shape index (κ1) is 22.0. The van der Waals surface area contributed by atoms with Crippen LogP contribution in [0.3, 0.4) is 0 Å². The molecule has 172 valence electrons. The average Bonchev–Trinajstić information content (AvgIpc) is 3.32. The van der Waals surface area contributed by atoms with Crippen molar-refractivity contribution in [1.82, 2.24) is 14.4 Å². The number of pyridine rings is 2. The lowest BCUT2D eigenvalue weighted by Crippen LogP contribution is -2.47. The number of halogens is 1. The maximum atomic E-state index is 9.85. The summed E-state index contributed by atoms with van der Waals surface area (Å²) in [4.78, 5) is 13.7. The monoisotopic (exact) mass is 474 g/mol. The van der Waals surface area contributed by atoms with E-state index in [1.165, 1.54) is 0 Å². The highest BCUT2D eigenvalue weighted by Crippen LogP contribution is 2.34. The standard InChI is InChI=1S/C25H23ClN6O2/c1-34-23-11-18(16-33)20(13-21(23)26)22-15-32-6-4-19(12-24(32)29-22)30-7-9-31(10-8-30)25-17(14-27)3-2-5-28-25/h2-6,11-13,15,33H,7-10,16H2,1H3. The fraction of sp³-hybridized carbons (Fsp3) is 0.240. The second-order valence-corrected chi connectivity index (χ2v) is 8.45. The van der Waals surface area contributed by atoms with Gasteiger partial charge in [-0.15, -0.1) is 0 Å². The number of imidazole rings is 1. The highest BCUT2D eigenvalue weighted by Gasteiger charge is 2.21. The molecule has 0 aliphatic carbocycles. The predicted octanol–water partition coefficient (Wildman–Crippen LogP) is 3.75. The molecule has 0 radical (unpaired) electrons. The van der Waals surface area contributed by atoms with E-state index in [0.717, 1.165) is 54.6 Å². The molecule has 4 heterocycles. The lowest BCUT2D eigenvalue weighted by atomic mass is 10.1. The topological polar surface area (TPSA) is 89.9 Å². The van der Waals surface area contributed by atoms with E-state index in [-0.39, 0.29) is 6.61 Å². The molecule has 1 aliphatic rings. The fourth-order valence-electron chi connectivity index (χ4n) is 4.33. The van der Waals surface area contributed by atoms with E-state index in [1.54, 1.807) is 37.6 Å². The molecule has 8 nitrogen and oxygen atoms in total. The number of hydrogen-bond donors (Lipinski definition) is 1. The van der Waals surface area contributed by atoms with E-state index in [2.05, 4.69) is 33.0 Å². The first-order valence-electron chi connectivity index (χ1n) is 10.9. The molecule has 34 heavy (non-hydrogen) atoms. The first-order valence-corrected chi connectivity index (χ1v) is 11.3. The summed E-state index contributed by atoms with van der Waals surface area (Å²) >= 11 is 6.33. The molecule has 4 aromatic rings. The molecule has 3 aromatic heterocycles. The summed E-state index contributed by atoms with van der Waals surface area (Å²) < 4.78 is 7.23. The lowest BCUT2D eigenvalue weighted by molar-refractivity contribution is 0.281. The maximum absolute atomic E-state index is 9.85. The molecule has 1 fully saturated rings. The van der Waals surface area contributed by atoms with Crippen molar-refractivity contribution >= 4 is 28.8 Å². The van der Waals surface area contributed by atoms with Crippen molar-refractivity contribution in [2.24, 2.45) is 0 Å². The second kappa shape index (κ2) is 9.21. The molecule has 0 saturated carbocycles. The molecule has 1 aromatic carbocycles. The van der Waals surface area contributed by atoms with Gasteiger partial charge in [0.15, 0.2) is 0 Å². The third kappa shape index (κ3) is 4.00. The Hall–Kier alpha value is -3.80. The summed E-state index contributed by atoms with van der Waals surface area (Å²) in [5.41, 5.74) is 4.70. The highest BCUT2D eigenvalue weighted by molar-refractivity contribution is 6.32. The van der Waals surface area contributed by atoms with E-state index in [0.29, 0.717) is 21.9 Å². The number of benzene rings is 1. The third-order valence-electron chi connectivity index (χ3n) is 6.12. The Morgan fingerprint density at radius 3 is 2.68 bits per heavy atom. The molecule has 0 bridgehead atoms. The van der Waals surface area contributed by atoms with Gasteiger partial charge in [-0.1, -0.05) is 11.6 Å². The highest BCUT2D eigenvalue weighted by atomic mass is 35.5. The number of aromatic nitrogens is 3. The molecule has 5 rings (SSSR count). The van der Waals surface area contributed by atoms with Crippen LogP contribution in [-0.2, 0) is 6.61 Å². The Labute approximate surface area is 202 Å². The van der Waals surface area contributed by atoms with Gasteiger partial charge in [0.2, 0.25) is 0 Å². The van der Waals surface area contributed by atoms with Crippen LogP contribution in [0.1, 0.15) is 11.1 Å². The van der Waals surface area contributed by atoms with Crippen LogP contribution in [0, 0.1) is 11.3 Å². The van der Waals surface area contributed by atoms with Crippen molar-refractivity contribution in [2.45, 2.75) is 6.61 Å². The number of fused-ring (bicyclic) bond motifs is 1. The van der Waals surface area contributed by atoms with Gasteiger partial charge in [0.1, 0.15) is 23.3 Å². The smallest absolute Gasteiger partial charge is 0.146 e. The fourth-order valence-corrected chi connectivity index (χ4v) is 4.57. The van der Waals surface area contributed by atoms with Crippen LogP contribution in [0.25, 0.3) is 16.9 Å². The molecule has 1 aliphatic heterocycles. The number of aliphatic hydroxyl groups is 1. The zero-order valence-corrected chi connectivity index (χ0v) is 19.4. The molecular formula is C25H23ClN6O2. The van der Waals surface area contributed by atoms with Gasteiger partial charge in [-0.2, -0.15) is 5.26 Å². The summed E-state index contributed by atoms with van der Waals surface area (Å²) in [6, 6.07) is 13.5. The molecule has 0 spiro atoms. The van der Waals surface area contributed by atoms with Crippen LogP contribution in [0.2, 0.25) is 5.02 Å². The van der Waals surface area contributed by atoms with Crippen LogP contribution < -0.4 is 14.5 Å². The number of aliphatic hydroxyl groups excluding tert-OH is 1. The summed E-state index contributed by atoms with van der Waals surface area (Å²) in [6.45, 7) is 3.04. The van der Waals surface area contributed by atoms with Crippen molar-refractivity contribution < 1.29 is 9.84 Å². The molecule has 1 saturated heterocycles. The van der Waals surface area contributed by atoms with Gasteiger partial charge in [0.25, 0.3) is 0 Å². The van der Waals surface area contributed by atoms with Gasteiger partial charge in [-0.3, -0.25) is 0 Å². The summed E-state index contributed by atoms with van der Waals surface area (Å²) in [5.74, 6) is 1.27. The minimum Gasteiger partial charge on any atom is -0.495 e. The van der Waals surface area contributed by atoms with Crippen molar-refractivity contribution in [2.75, 3.05) is 43.1 Å². The average molecular weight is 475 g/mol. The largest absolute Gasteiger partial charge is 0.495 e. The summed E-state index contributed by atoms with van der Waals surface area (Å²) in [6.07, 6.45) is 5.65. The number of ether oxygens (including phenoxy) is 1. The number of hydrogen-bond acceptors (Lipinski definition) is 7. The number of methoxy groups -OCH3 is 1. The van der Waals surface area contributed by atoms with Gasteiger partial charge in [0, 0.05) is 62.1 Å². The van der Waals surface area contributed by atoms with Crippen LogP contribution in [0.5, 0.6) is 5.75 Å². The van der Waals surface area contributed by atoms with Crippen LogP contribution in [0.15, 0.2) is 55.0 Å². The van der Waals surface area contributed by atoms with Gasteiger partial charge >= 0.3 is 0 Å². The van der Waals surface area contributed by atoms with Crippen LogP contribution in [0.4, 0.5) is 11.5 Å². The van der Waals surface area contributed by atoms with Crippen molar-refractivity contribution in [3.63, 3.8) is 0 Å². The Balaban J connectivity index is 1.38. The Morgan fingerprint density at radius 1 is 1.15 bits per heavy atom. The van der Waals surface area contributed by atoms with Crippen LogP contribution in [-0.4, -0.2) is 52.8 Å². The van der Waals surface area contributed by atoms with Gasteiger partial charge < -0.3 is 24.0 Å². The summed E-state index contributed by atoms with van der Waals surface area (Å²) in [7, 11) is 1.55. The minimum atomic E-state index is -0.143. The molecular weight excluding hydrogens is 452 g/mol. The van der Waals surface area contributed by atoms with Gasteiger partial charge in [0.05, 0.1) is 30.0 Å². The molecule has 0 amide bonds. The van der Waals surface area contributed by atoms with Gasteiger partial charge in [-0.05, 0) is 35.9 Å². The molecule has 0 unspecified atom stereocenters. The number of nitriles is 1. The first-order chi connectivity index (χ1) is 16.6. The molecule has 0 atom stereocenters. The van der Waals surface area contributed by atoms with E-state index in [1.807, 2.05) is 16.8 Å². The van der Waals surface area contributed by atoms with E-state index in [4.69, 9.17) is 21.3 Å². The van der Waals surface area contributed by atoms with Crippen molar-refractivity contribution in [3.05, 3.63) is 71.1 Å². The molecule has 1 N–H and O–H groups in total. The van der Waals surface area contributed by atoms with Crippen LogP contribution >= 0.6 is 11.6 Å². The number of rotatable bonds is 5. The predicted molar refractivity (Wildman–Crippen MR) is 131 cm³/mol. The number of nitrogens with zero attached hydrogens (tertiary/aromatic N) is 6. The van der Waals surface area contributed by atoms with E-state index < -0.39 is 0 Å². The van der Waals surface area contributed by atoms with Crippen molar-refractivity contribution in [3.8, 4) is 23.1 Å². The van der Waals surface area contributed by atoms with E-state index >= 15 is 0 Å². The second-order valence-electron chi connectivity index (χ2n) is 8.04.